The van der Waals surface area contributed by atoms with Crippen molar-refractivity contribution >= 4 is 87.2 Å². The molecule has 1 N–H and O–H groups in total. The molecule has 0 spiro atoms. The standard InChI is InChI=1S/C92H68N8O2/c1-6-97-79-16-12-10-14-67(79)69-38-54(20-32-81(69)97)58-42-75-87(93-48-58)88-76-44-60(50-95-88)56-22-34-84-72(40-56)74-47-65(29-37-86(74)100(84)9-4)92(63-26-30-66(102-5)31-27-63)77-43-59(55-21-33-82-70(39-55)68-15-11-13-17-80(68)98(82)7-2)49-94-89(77)90-78(92)45-61(51-96-90)57-23-35-83-71(41-57)73-46-64(28-36-85(73)99(83)8-3)91(75,76)62-24-18-53(52-101)19-25-62/h10-51,101H,6-9,52H2,1-5H3/t91-,92+/m1/s1. The van der Waals surface area contributed by atoms with Crippen LogP contribution in [0, 0.1) is 0 Å². The summed E-state index contributed by atoms with van der Waals surface area (Å²) in [6.45, 7) is 12.2. The minimum Gasteiger partial charge on any atom is -0.497 e. The SMILES string of the molecule is CCn1c2ccccc2c2cc(-c3cnc4c(c3)[C@]3(c5ccc(OC)cc5)c5ccc6c(c5)c5cc(ccc5n6CC)-c5cnc6c(c5)[C@](c5ccc(CO)cc5)(c5ccc7c(c5)c5cc(ccc5n7CC)-c5cnc-4c3c5)c3cc(-c4ccc5c(c4)c4ccccc4n5CC)cnc3-6)ccc21. The van der Waals surface area contributed by atoms with E-state index in [-0.39, 0.29) is 6.61 Å². The Balaban J connectivity index is 0.856. The number of pyridine rings is 4. The molecule has 0 unspecified atom stereocenters. The minimum atomic E-state index is -0.947. The monoisotopic (exact) mass is 1320 g/mol. The third kappa shape index (κ3) is 7.76. The summed E-state index contributed by atoms with van der Waals surface area (Å²) < 4.78 is 15.7. The zero-order valence-electron chi connectivity index (χ0n) is 57.2. The molecule has 18 aromatic rings. The zero-order valence-corrected chi connectivity index (χ0v) is 57.2. The molecule has 0 aliphatic heterocycles. The van der Waals surface area contributed by atoms with Gasteiger partial charge in [-0.3, -0.25) is 19.9 Å². The number of aliphatic hydroxyl groups excluding tert-OH is 1. The van der Waals surface area contributed by atoms with Gasteiger partial charge in [0.2, 0.25) is 0 Å². The molecule has 0 fully saturated rings. The van der Waals surface area contributed by atoms with Crippen molar-refractivity contribution in [3.05, 3.63) is 305 Å². The molecule has 3 aliphatic carbocycles. The highest BCUT2D eigenvalue weighted by Gasteiger charge is 2.51. The van der Waals surface area contributed by atoms with Gasteiger partial charge in [-0.15, -0.1) is 0 Å². The van der Waals surface area contributed by atoms with Crippen LogP contribution in [0.15, 0.2) is 255 Å². The molecule has 10 nitrogen and oxygen atoms in total. The molecule has 10 aromatic carbocycles. The van der Waals surface area contributed by atoms with Gasteiger partial charge >= 0.3 is 0 Å². The van der Waals surface area contributed by atoms with Gasteiger partial charge in [-0.2, -0.15) is 0 Å². The van der Waals surface area contributed by atoms with Gasteiger partial charge in [0.25, 0.3) is 0 Å². The van der Waals surface area contributed by atoms with Gasteiger partial charge < -0.3 is 28.1 Å². The summed E-state index contributed by atoms with van der Waals surface area (Å²) in [4.78, 5) is 22.5. The predicted octanol–water partition coefficient (Wildman–Crippen LogP) is 21.0. The number of para-hydroxylation sites is 2. The Labute approximate surface area is 588 Å². The Morgan fingerprint density at radius 2 is 0.578 bits per heavy atom. The number of rotatable bonds is 10. The average molecular weight is 1320 g/mol. The second kappa shape index (κ2) is 21.6. The number of fused-ring (bicyclic) bond motifs is 22. The quantitative estimate of drug-likeness (QED) is 0.146. The number of aliphatic hydroxyl groups is 1. The predicted molar refractivity (Wildman–Crippen MR) is 415 cm³/mol. The Morgan fingerprint density at radius 3 is 0.902 bits per heavy atom. The van der Waals surface area contributed by atoms with Crippen LogP contribution < -0.4 is 4.74 Å². The second-order valence-electron chi connectivity index (χ2n) is 28.0. The fourth-order valence-electron chi connectivity index (χ4n) is 18.8. The van der Waals surface area contributed by atoms with Crippen molar-refractivity contribution in [3.8, 4) is 73.0 Å². The first-order valence-electron chi connectivity index (χ1n) is 35.8. The number of aromatic nitrogens is 8. The number of hydrogen-bond donors (Lipinski definition) is 1. The number of aryl methyl sites for hydroxylation is 4. The third-order valence-corrected chi connectivity index (χ3v) is 23.4. The number of nitrogens with zero attached hydrogens (tertiary/aromatic N) is 8. The lowest BCUT2D eigenvalue weighted by atomic mass is 9.67. The van der Waals surface area contributed by atoms with Crippen molar-refractivity contribution in [2.24, 2.45) is 0 Å². The van der Waals surface area contributed by atoms with Gasteiger partial charge in [-0.25, -0.2) is 0 Å². The van der Waals surface area contributed by atoms with Gasteiger partial charge in [0, 0.05) is 183 Å². The molecule has 488 valence electrons. The highest BCUT2D eigenvalue weighted by Crippen LogP contribution is 2.60. The first kappa shape index (κ1) is 58.7. The molecule has 0 radical (unpaired) electrons. The maximum absolute atomic E-state index is 10.7. The summed E-state index contributed by atoms with van der Waals surface area (Å²) in [5.41, 5.74) is 28.8. The van der Waals surface area contributed by atoms with Crippen molar-refractivity contribution in [2.75, 3.05) is 7.11 Å². The number of benzene rings is 10. The zero-order chi connectivity index (χ0) is 68.0. The van der Waals surface area contributed by atoms with Crippen LogP contribution in [0.25, 0.3) is 155 Å². The van der Waals surface area contributed by atoms with Gasteiger partial charge in [0.15, 0.2) is 0 Å². The number of methoxy groups -OCH3 is 1. The molecule has 21 rings (SSSR count). The van der Waals surface area contributed by atoms with Crippen LogP contribution in [0.1, 0.15) is 77.8 Å². The van der Waals surface area contributed by atoms with E-state index in [9.17, 15) is 5.11 Å². The van der Waals surface area contributed by atoms with Crippen molar-refractivity contribution in [1.29, 1.82) is 0 Å². The maximum Gasteiger partial charge on any atom is 0.118 e. The molecule has 8 heterocycles. The van der Waals surface area contributed by atoms with Crippen LogP contribution >= 0.6 is 0 Å². The lowest BCUT2D eigenvalue weighted by Crippen LogP contribution is -2.29. The summed E-state index contributed by atoms with van der Waals surface area (Å²) in [6, 6.07) is 86.7. The van der Waals surface area contributed by atoms with E-state index in [1.54, 1.807) is 7.11 Å². The van der Waals surface area contributed by atoms with E-state index in [1.807, 2.05) is 0 Å². The smallest absolute Gasteiger partial charge is 0.118 e. The van der Waals surface area contributed by atoms with Crippen molar-refractivity contribution in [2.45, 2.75) is 71.3 Å². The summed E-state index contributed by atoms with van der Waals surface area (Å²) in [5, 5.41) is 20.2. The van der Waals surface area contributed by atoms with Crippen LogP contribution in [-0.4, -0.2) is 50.4 Å². The first-order chi connectivity index (χ1) is 50.2. The van der Waals surface area contributed by atoms with Crippen LogP contribution in [0.2, 0.25) is 0 Å². The van der Waals surface area contributed by atoms with Crippen LogP contribution in [0.5, 0.6) is 5.75 Å². The second-order valence-corrected chi connectivity index (χ2v) is 28.0. The van der Waals surface area contributed by atoms with Crippen LogP contribution in [0.3, 0.4) is 0 Å². The van der Waals surface area contributed by atoms with Crippen molar-refractivity contribution < 1.29 is 9.84 Å². The topological polar surface area (TPSA) is 101 Å². The Kier molecular flexibility index (Phi) is 12.5. The molecule has 12 bridgehead atoms. The number of ether oxygens (including phenoxy) is 1. The van der Waals surface area contributed by atoms with Crippen molar-refractivity contribution in [1.82, 2.24) is 38.2 Å². The fraction of sp³-hybridized carbons (Fsp3) is 0.130. The van der Waals surface area contributed by atoms with Gasteiger partial charge in [0.1, 0.15) is 5.75 Å². The Morgan fingerprint density at radius 1 is 0.294 bits per heavy atom. The normalized spacial score (nSPS) is 15.6. The summed E-state index contributed by atoms with van der Waals surface area (Å²) in [6.07, 6.45) is 8.25. The van der Waals surface area contributed by atoms with Crippen molar-refractivity contribution in [3.63, 3.8) is 0 Å². The average Bonchev–Trinajstić information content (AvgIpc) is 1.52. The molecule has 10 heteroatoms. The Bertz CT molecular complexity index is 6260. The molecular weight excluding hydrogens is 1250 g/mol. The maximum atomic E-state index is 10.7. The first-order valence-corrected chi connectivity index (χ1v) is 35.8. The largest absolute Gasteiger partial charge is 0.497 e. The van der Waals surface area contributed by atoms with Gasteiger partial charge in [0.05, 0.1) is 47.3 Å². The van der Waals surface area contributed by atoms with E-state index in [4.69, 9.17) is 24.7 Å². The van der Waals surface area contributed by atoms with E-state index in [2.05, 4.69) is 301 Å². The Hall–Kier alpha value is -12.2. The number of hydrogen-bond acceptors (Lipinski definition) is 6. The minimum absolute atomic E-state index is 0.0743. The highest BCUT2D eigenvalue weighted by atomic mass is 16.5. The van der Waals surface area contributed by atoms with Crippen LogP contribution in [-0.2, 0) is 43.6 Å². The molecule has 102 heavy (non-hydrogen) atoms. The molecule has 0 saturated carbocycles. The summed E-state index contributed by atoms with van der Waals surface area (Å²) >= 11 is 0. The van der Waals surface area contributed by atoms with Gasteiger partial charge in [-0.1, -0.05) is 109 Å². The lowest BCUT2D eigenvalue weighted by Gasteiger charge is -2.34. The fourth-order valence-corrected chi connectivity index (χ4v) is 18.8. The van der Waals surface area contributed by atoms with E-state index in [0.29, 0.717) is 0 Å². The van der Waals surface area contributed by atoms with E-state index < -0.39 is 10.8 Å². The third-order valence-electron chi connectivity index (χ3n) is 23.4. The molecule has 0 saturated heterocycles. The highest BCUT2D eigenvalue weighted by molar-refractivity contribution is 6.14. The van der Waals surface area contributed by atoms with Crippen LogP contribution in [0.4, 0.5) is 0 Å². The summed E-state index contributed by atoms with van der Waals surface area (Å²) in [5.74, 6) is 0.781. The molecule has 8 aromatic heterocycles. The van der Waals surface area contributed by atoms with E-state index in [0.717, 1.165) is 193 Å². The molecule has 2 atom stereocenters. The lowest BCUT2D eigenvalue weighted by molar-refractivity contribution is 0.282. The molecular formula is C92H68N8O2. The van der Waals surface area contributed by atoms with E-state index in [1.165, 1.54) is 43.6 Å². The van der Waals surface area contributed by atoms with E-state index >= 15 is 0 Å². The van der Waals surface area contributed by atoms with Gasteiger partial charge in [-0.05, 0) is 199 Å². The molecule has 3 aliphatic rings. The molecule has 0 amide bonds. The summed E-state index contributed by atoms with van der Waals surface area (Å²) in [7, 11) is 1.74.